The summed E-state index contributed by atoms with van der Waals surface area (Å²) in [5.41, 5.74) is -0.000791. The summed E-state index contributed by atoms with van der Waals surface area (Å²) >= 11 is 0. The summed E-state index contributed by atoms with van der Waals surface area (Å²) < 4.78 is 12.2. The molecule has 3 aliphatic rings. The van der Waals surface area contributed by atoms with E-state index in [1.807, 2.05) is 18.2 Å². The average Bonchev–Trinajstić information content (AvgIpc) is 3.07. The van der Waals surface area contributed by atoms with E-state index in [1.54, 1.807) is 18.6 Å². The summed E-state index contributed by atoms with van der Waals surface area (Å²) in [7, 11) is 2.87. The van der Waals surface area contributed by atoms with Crippen molar-refractivity contribution in [1.29, 1.82) is 0 Å². The van der Waals surface area contributed by atoms with E-state index in [9.17, 15) is 14.7 Å². The Bertz CT molecular complexity index is 1040. The number of piperidine rings is 1. The number of esters is 1. The zero-order valence-electron chi connectivity index (χ0n) is 17.0. The molecule has 0 spiro atoms. The number of carbonyl (C=O) groups excluding carboxylic acids is 2. The van der Waals surface area contributed by atoms with Gasteiger partial charge in [-0.15, -0.1) is 0 Å². The van der Waals surface area contributed by atoms with Crippen LogP contribution in [-0.2, 0) is 26.5 Å². The Morgan fingerprint density at radius 2 is 2.03 bits per heavy atom. The van der Waals surface area contributed by atoms with Gasteiger partial charge in [-0.2, -0.15) is 0 Å². The highest BCUT2D eigenvalue weighted by Crippen LogP contribution is 2.59. The Morgan fingerprint density at radius 3 is 2.72 bits per heavy atom. The SMILES string of the molecule is COC(=O)[C@@]1(O)C[C@]2(C(C)=O)CCCN3CCc4c(n1c1cc(OC)ccc41)[C@@H]32. The maximum Gasteiger partial charge on any atom is 0.359 e. The molecule has 2 aromatic rings. The fourth-order valence-electron chi connectivity index (χ4n) is 6.10. The van der Waals surface area contributed by atoms with Crippen LogP contribution in [0.15, 0.2) is 18.2 Å². The van der Waals surface area contributed by atoms with Crippen molar-refractivity contribution >= 4 is 22.7 Å². The van der Waals surface area contributed by atoms with E-state index in [1.165, 1.54) is 7.11 Å². The third kappa shape index (κ3) is 2.20. The Morgan fingerprint density at radius 1 is 1.24 bits per heavy atom. The molecular weight excluding hydrogens is 372 g/mol. The van der Waals surface area contributed by atoms with Crippen LogP contribution in [0.2, 0.25) is 0 Å². The van der Waals surface area contributed by atoms with Crippen LogP contribution in [0.4, 0.5) is 0 Å². The number of rotatable bonds is 3. The number of carbonyl (C=O) groups is 2. The molecule has 0 saturated carbocycles. The summed E-state index contributed by atoms with van der Waals surface area (Å²) in [5, 5.41) is 12.8. The molecule has 7 nitrogen and oxygen atoms in total. The lowest BCUT2D eigenvalue weighted by Crippen LogP contribution is -2.62. The first-order valence-corrected chi connectivity index (χ1v) is 10.1. The van der Waals surface area contributed by atoms with Crippen LogP contribution in [-0.4, -0.2) is 53.6 Å². The molecule has 0 aliphatic carbocycles. The molecule has 3 atom stereocenters. The number of nitrogens with zero attached hydrogens (tertiary/aromatic N) is 2. The lowest BCUT2D eigenvalue weighted by atomic mass is 9.61. The molecule has 1 saturated heterocycles. The Labute approximate surface area is 169 Å². The number of hydrogen-bond acceptors (Lipinski definition) is 6. The molecule has 3 aliphatic heterocycles. The molecule has 29 heavy (non-hydrogen) atoms. The van der Waals surface area contributed by atoms with E-state index in [-0.39, 0.29) is 18.2 Å². The second-order valence-corrected chi connectivity index (χ2v) is 8.57. The van der Waals surface area contributed by atoms with Crippen molar-refractivity contribution in [2.24, 2.45) is 5.41 Å². The van der Waals surface area contributed by atoms with E-state index in [2.05, 4.69) is 4.90 Å². The highest BCUT2D eigenvalue weighted by Gasteiger charge is 2.63. The second kappa shape index (κ2) is 6.06. The molecule has 0 bridgehead atoms. The van der Waals surface area contributed by atoms with Crippen molar-refractivity contribution in [3.63, 3.8) is 0 Å². The van der Waals surface area contributed by atoms with Gasteiger partial charge in [0.05, 0.1) is 31.2 Å². The number of hydrogen-bond donors (Lipinski definition) is 1. The molecule has 5 rings (SSSR count). The van der Waals surface area contributed by atoms with Crippen molar-refractivity contribution in [3.05, 3.63) is 29.5 Å². The monoisotopic (exact) mass is 398 g/mol. The number of Topliss-reactive ketones (excluding diaryl/α,β-unsaturated/α-hetero) is 1. The van der Waals surface area contributed by atoms with Gasteiger partial charge in [-0.25, -0.2) is 4.79 Å². The highest BCUT2D eigenvalue weighted by molar-refractivity contribution is 5.93. The third-order valence-corrected chi connectivity index (χ3v) is 7.33. The topological polar surface area (TPSA) is 81.0 Å². The lowest BCUT2D eigenvalue weighted by Gasteiger charge is -2.56. The summed E-state index contributed by atoms with van der Waals surface area (Å²) in [6.45, 7) is 3.38. The van der Waals surface area contributed by atoms with E-state index in [0.717, 1.165) is 48.1 Å². The molecule has 1 fully saturated rings. The van der Waals surface area contributed by atoms with Gasteiger partial charge in [-0.3, -0.25) is 9.69 Å². The third-order valence-electron chi connectivity index (χ3n) is 7.33. The number of methoxy groups -OCH3 is 2. The van der Waals surface area contributed by atoms with Crippen LogP contribution in [0.25, 0.3) is 10.9 Å². The lowest BCUT2D eigenvalue weighted by molar-refractivity contribution is -0.194. The minimum Gasteiger partial charge on any atom is -0.497 e. The number of aliphatic hydroxyl groups is 1. The van der Waals surface area contributed by atoms with E-state index < -0.39 is 17.1 Å². The number of benzene rings is 1. The summed E-state index contributed by atoms with van der Waals surface area (Å²) in [6, 6.07) is 5.60. The van der Waals surface area contributed by atoms with Gasteiger partial charge in [0.25, 0.3) is 0 Å². The van der Waals surface area contributed by atoms with Crippen molar-refractivity contribution in [2.45, 2.75) is 44.4 Å². The summed E-state index contributed by atoms with van der Waals surface area (Å²) in [6.07, 6.45) is 2.37. The summed E-state index contributed by atoms with van der Waals surface area (Å²) in [4.78, 5) is 28.3. The normalized spacial score (nSPS) is 30.7. The molecule has 0 amide bonds. The molecule has 154 valence electrons. The number of ether oxygens (including phenoxy) is 2. The predicted molar refractivity (Wildman–Crippen MR) is 106 cm³/mol. The zero-order chi connectivity index (χ0) is 20.6. The Hall–Kier alpha value is -2.38. The molecule has 1 N–H and O–H groups in total. The van der Waals surface area contributed by atoms with Crippen LogP contribution >= 0.6 is 0 Å². The van der Waals surface area contributed by atoms with Gasteiger partial charge in [0.15, 0.2) is 0 Å². The van der Waals surface area contributed by atoms with E-state index >= 15 is 0 Å². The smallest absolute Gasteiger partial charge is 0.359 e. The molecule has 7 heteroatoms. The van der Waals surface area contributed by atoms with E-state index in [4.69, 9.17) is 9.47 Å². The standard InChI is InChI=1S/C22H26N2O5/c1-13(25)21-8-4-9-23-10-7-16-15-6-5-14(28-2)11-17(15)24(18(16)19(21)23)22(27,12-21)20(26)29-3/h5-6,11,19,27H,4,7-10,12H2,1-3H3/t19-,21+,22+/m1/s1. The second-order valence-electron chi connectivity index (χ2n) is 8.57. The fraction of sp³-hybridized carbons (Fsp3) is 0.545. The zero-order valence-corrected chi connectivity index (χ0v) is 17.0. The van der Waals surface area contributed by atoms with Crippen LogP contribution in [0, 0.1) is 5.41 Å². The number of fused-ring (bicyclic) bond motifs is 3. The minimum atomic E-state index is -1.94. The minimum absolute atomic E-state index is 0.0244. The predicted octanol–water partition coefficient (Wildman–Crippen LogP) is 2.14. The van der Waals surface area contributed by atoms with E-state index in [0.29, 0.717) is 12.2 Å². The van der Waals surface area contributed by atoms with Crippen LogP contribution in [0.3, 0.4) is 0 Å². The van der Waals surface area contributed by atoms with Crippen LogP contribution in [0.1, 0.15) is 43.5 Å². The van der Waals surface area contributed by atoms with Crippen molar-refractivity contribution in [2.75, 3.05) is 27.3 Å². The maximum atomic E-state index is 13.0. The number of ketones is 1. The van der Waals surface area contributed by atoms with Gasteiger partial charge in [0.1, 0.15) is 11.5 Å². The largest absolute Gasteiger partial charge is 0.497 e. The van der Waals surface area contributed by atoms with Gasteiger partial charge in [0.2, 0.25) is 5.72 Å². The Balaban J connectivity index is 1.91. The van der Waals surface area contributed by atoms with Crippen LogP contribution in [0.5, 0.6) is 5.75 Å². The molecule has 1 aromatic carbocycles. The van der Waals surface area contributed by atoms with Gasteiger partial charge in [-0.1, -0.05) is 0 Å². The van der Waals surface area contributed by atoms with Gasteiger partial charge < -0.3 is 19.1 Å². The van der Waals surface area contributed by atoms with Crippen molar-refractivity contribution < 1.29 is 24.2 Å². The number of aromatic nitrogens is 1. The van der Waals surface area contributed by atoms with Crippen molar-refractivity contribution in [1.82, 2.24) is 9.47 Å². The maximum absolute atomic E-state index is 13.0. The quantitative estimate of drug-likeness (QED) is 0.798. The first-order valence-electron chi connectivity index (χ1n) is 10.1. The first-order chi connectivity index (χ1) is 13.9. The molecule has 0 unspecified atom stereocenters. The molecule has 0 radical (unpaired) electrons. The van der Waals surface area contributed by atoms with Gasteiger partial charge >= 0.3 is 5.97 Å². The Kier molecular flexibility index (Phi) is 3.89. The van der Waals surface area contributed by atoms with Gasteiger partial charge in [-0.05, 0) is 50.4 Å². The highest BCUT2D eigenvalue weighted by atomic mass is 16.5. The van der Waals surface area contributed by atoms with Crippen molar-refractivity contribution in [3.8, 4) is 5.75 Å². The molecule has 1 aromatic heterocycles. The fourth-order valence-corrected chi connectivity index (χ4v) is 6.10. The molecular formula is C22H26N2O5. The first kappa shape index (κ1) is 18.6. The molecule has 4 heterocycles. The van der Waals surface area contributed by atoms with Crippen LogP contribution < -0.4 is 4.74 Å². The average molecular weight is 398 g/mol. The summed E-state index contributed by atoms with van der Waals surface area (Å²) in [5.74, 6) is -0.0574. The van der Waals surface area contributed by atoms with Gasteiger partial charge in [0, 0.05) is 30.1 Å².